The molecule has 5 rings (SSSR count). The van der Waals surface area contributed by atoms with Gasteiger partial charge in [-0.3, -0.25) is 0 Å². The maximum atomic E-state index is 14.0. The number of hydrogen-bond acceptors (Lipinski definition) is 6. The summed E-state index contributed by atoms with van der Waals surface area (Å²) in [5, 5.41) is 4.38. The van der Waals surface area contributed by atoms with Crippen molar-refractivity contribution in [2.75, 3.05) is 43.1 Å². The van der Waals surface area contributed by atoms with Crippen molar-refractivity contribution in [3.8, 4) is 5.75 Å². The van der Waals surface area contributed by atoms with Gasteiger partial charge in [0.05, 0.1) is 13.7 Å². The van der Waals surface area contributed by atoms with Crippen LogP contribution in [0.5, 0.6) is 5.75 Å². The van der Waals surface area contributed by atoms with E-state index >= 15 is 0 Å². The Morgan fingerprint density at radius 2 is 1.79 bits per heavy atom. The van der Waals surface area contributed by atoms with Gasteiger partial charge in [-0.2, -0.15) is 4.98 Å². The van der Waals surface area contributed by atoms with Gasteiger partial charge in [0.1, 0.15) is 5.82 Å². The number of rotatable bonds is 5. The fourth-order valence-electron chi connectivity index (χ4n) is 4.41. The van der Waals surface area contributed by atoms with E-state index in [1.807, 2.05) is 6.07 Å². The van der Waals surface area contributed by atoms with Gasteiger partial charge < -0.3 is 14.5 Å². The largest absolute Gasteiger partial charge is 0.494 e. The molecule has 3 heterocycles. The van der Waals surface area contributed by atoms with E-state index in [0.717, 1.165) is 32.0 Å². The fourth-order valence-corrected chi connectivity index (χ4v) is 4.41. The smallest absolute Gasteiger partial charge is 0.351 e. The Morgan fingerprint density at radius 1 is 1.03 bits per heavy atom. The van der Waals surface area contributed by atoms with Crippen molar-refractivity contribution in [3.05, 3.63) is 81.7 Å². The van der Waals surface area contributed by atoms with Crippen LogP contribution >= 0.6 is 0 Å². The molecule has 0 atom stereocenters. The molecule has 1 aliphatic heterocycles. The molecule has 0 amide bonds. The molecule has 9 heteroatoms. The summed E-state index contributed by atoms with van der Waals surface area (Å²) in [5.41, 5.74) is 4.20. The number of anilines is 2. The average molecular weight is 463 g/mol. The number of ether oxygens (including phenoxy) is 1. The molecule has 1 saturated heterocycles. The second-order valence-corrected chi connectivity index (χ2v) is 8.56. The van der Waals surface area contributed by atoms with Crippen molar-refractivity contribution in [1.29, 1.82) is 0 Å². The molecule has 8 nitrogen and oxygen atoms in total. The van der Waals surface area contributed by atoms with Crippen LogP contribution in [0.15, 0.2) is 53.5 Å². The quantitative estimate of drug-likeness (QED) is 0.454. The maximum absolute atomic E-state index is 14.0. The lowest BCUT2D eigenvalue weighted by atomic mass is 10.1. The van der Waals surface area contributed by atoms with Gasteiger partial charge in [0.25, 0.3) is 5.78 Å². The summed E-state index contributed by atoms with van der Waals surface area (Å²) >= 11 is 0. The summed E-state index contributed by atoms with van der Waals surface area (Å²) in [6.45, 7) is 7.89. The zero-order valence-corrected chi connectivity index (χ0v) is 19.5. The van der Waals surface area contributed by atoms with Gasteiger partial charge in [-0.05, 0) is 54.8 Å². The van der Waals surface area contributed by atoms with E-state index in [9.17, 15) is 9.18 Å². The standard InChI is InChI=1S/C25H27FN6O2/c1-17-5-4-6-21(18(17)2)29-11-13-30(14-12-29)23-9-10-31-24(27-23)28-32(25(31)33)16-19-7-8-22(34-3)20(26)15-19/h4-10,15H,11-14,16H2,1-3H3. The first-order valence-corrected chi connectivity index (χ1v) is 11.3. The van der Waals surface area contributed by atoms with Gasteiger partial charge in [0, 0.05) is 38.1 Å². The monoisotopic (exact) mass is 462 g/mol. The molecule has 4 aromatic rings. The van der Waals surface area contributed by atoms with E-state index in [0.29, 0.717) is 11.3 Å². The summed E-state index contributed by atoms with van der Waals surface area (Å²) in [7, 11) is 1.41. The van der Waals surface area contributed by atoms with E-state index < -0.39 is 5.82 Å². The van der Waals surface area contributed by atoms with Gasteiger partial charge in [-0.25, -0.2) is 18.3 Å². The van der Waals surface area contributed by atoms with Gasteiger partial charge in [0.2, 0.25) is 0 Å². The third-order valence-electron chi connectivity index (χ3n) is 6.51. The molecule has 0 aliphatic carbocycles. The molecule has 0 N–H and O–H groups in total. The predicted octanol–water partition coefficient (Wildman–Crippen LogP) is 3.03. The van der Waals surface area contributed by atoms with E-state index in [-0.39, 0.29) is 18.0 Å². The number of hydrogen-bond donors (Lipinski definition) is 0. The SMILES string of the molecule is COc1ccc(Cn2nc3nc(N4CCN(c5cccc(C)c5C)CC4)ccn3c2=O)cc1F. The van der Waals surface area contributed by atoms with Crippen molar-refractivity contribution >= 4 is 17.3 Å². The van der Waals surface area contributed by atoms with Crippen LogP contribution < -0.4 is 20.2 Å². The molecule has 0 saturated carbocycles. The minimum absolute atomic E-state index is 0.146. The van der Waals surface area contributed by atoms with Gasteiger partial charge in [0.15, 0.2) is 11.6 Å². The van der Waals surface area contributed by atoms with Gasteiger partial charge >= 0.3 is 5.69 Å². The van der Waals surface area contributed by atoms with E-state index in [1.165, 1.54) is 39.1 Å². The number of aromatic nitrogens is 4. The first kappa shape index (κ1) is 21.9. The van der Waals surface area contributed by atoms with Crippen LogP contribution in [0.3, 0.4) is 0 Å². The highest BCUT2D eigenvalue weighted by molar-refractivity contribution is 5.57. The molecule has 1 aliphatic rings. The molecule has 0 spiro atoms. The summed E-state index contributed by atoms with van der Waals surface area (Å²) in [6, 6.07) is 12.9. The third kappa shape index (κ3) is 3.98. The van der Waals surface area contributed by atoms with Crippen LogP contribution in [0.2, 0.25) is 0 Å². The molecule has 0 bridgehead atoms. The minimum atomic E-state index is -0.475. The van der Waals surface area contributed by atoms with Crippen molar-refractivity contribution in [1.82, 2.24) is 19.2 Å². The minimum Gasteiger partial charge on any atom is -0.494 e. The fraction of sp³-hybridized carbons (Fsp3) is 0.320. The highest BCUT2D eigenvalue weighted by atomic mass is 19.1. The highest BCUT2D eigenvalue weighted by Gasteiger charge is 2.21. The second-order valence-electron chi connectivity index (χ2n) is 8.56. The Morgan fingerprint density at radius 3 is 2.53 bits per heavy atom. The zero-order chi connectivity index (χ0) is 23.8. The predicted molar refractivity (Wildman–Crippen MR) is 130 cm³/mol. The average Bonchev–Trinajstić information content (AvgIpc) is 3.15. The number of piperazine rings is 1. The van der Waals surface area contributed by atoms with Crippen LogP contribution in [0.4, 0.5) is 15.9 Å². The number of fused-ring (bicyclic) bond motifs is 1. The Balaban J connectivity index is 1.33. The lowest BCUT2D eigenvalue weighted by Crippen LogP contribution is -2.47. The summed E-state index contributed by atoms with van der Waals surface area (Å²) < 4.78 is 21.7. The van der Waals surface area contributed by atoms with Crippen LogP contribution in [0, 0.1) is 19.7 Å². The van der Waals surface area contributed by atoms with E-state index in [2.05, 4.69) is 51.9 Å². The van der Waals surface area contributed by atoms with E-state index in [4.69, 9.17) is 4.74 Å². The number of benzene rings is 2. The topological polar surface area (TPSA) is 67.9 Å². The molecule has 2 aromatic carbocycles. The lowest BCUT2D eigenvalue weighted by molar-refractivity contribution is 0.386. The van der Waals surface area contributed by atoms with Crippen molar-refractivity contribution in [3.63, 3.8) is 0 Å². The number of methoxy groups -OCH3 is 1. The molecule has 176 valence electrons. The third-order valence-corrected chi connectivity index (χ3v) is 6.51. The Hall–Kier alpha value is -3.88. The first-order valence-electron chi connectivity index (χ1n) is 11.3. The van der Waals surface area contributed by atoms with Crippen molar-refractivity contribution < 1.29 is 9.13 Å². The summed E-state index contributed by atoms with van der Waals surface area (Å²) in [4.78, 5) is 22.0. The normalized spacial score (nSPS) is 14.1. The number of halogens is 1. The van der Waals surface area contributed by atoms with Gasteiger partial charge in [-0.15, -0.1) is 5.10 Å². The Kier molecular flexibility index (Phi) is 5.69. The van der Waals surface area contributed by atoms with Gasteiger partial charge in [-0.1, -0.05) is 18.2 Å². The number of aryl methyl sites for hydroxylation is 1. The van der Waals surface area contributed by atoms with Crippen molar-refractivity contribution in [2.45, 2.75) is 20.4 Å². The number of nitrogens with zero attached hydrogens (tertiary/aromatic N) is 6. The molecule has 2 aromatic heterocycles. The van der Waals surface area contributed by atoms with Crippen molar-refractivity contribution in [2.24, 2.45) is 0 Å². The molecule has 1 fully saturated rings. The molecule has 0 radical (unpaired) electrons. The van der Waals surface area contributed by atoms with Crippen LogP contribution in [0.1, 0.15) is 16.7 Å². The zero-order valence-electron chi connectivity index (χ0n) is 19.5. The van der Waals surface area contributed by atoms with E-state index in [1.54, 1.807) is 18.3 Å². The summed E-state index contributed by atoms with van der Waals surface area (Å²) in [6.07, 6.45) is 1.70. The summed E-state index contributed by atoms with van der Waals surface area (Å²) in [5.74, 6) is 0.807. The van der Waals surface area contributed by atoms with Crippen LogP contribution in [0.25, 0.3) is 5.78 Å². The molecule has 34 heavy (non-hydrogen) atoms. The molecular formula is C25H27FN6O2. The van der Waals surface area contributed by atoms with Crippen LogP contribution in [-0.2, 0) is 6.54 Å². The Labute approximate surface area is 196 Å². The lowest BCUT2D eigenvalue weighted by Gasteiger charge is -2.37. The first-order chi connectivity index (χ1) is 16.4. The second kappa shape index (κ2) is 8.81. The highest BCUT2D eigenvalue weighted by Crippen LogP contribution is 2.25. The Bertz CT molecular complexity index is 1400. The molecule has 0 unspecified atom stereocenters. The molecular weight excluding hydrogens is 435 g/mol. The van der Waals surface area contributed by atoms with Crippen LogP contribution in [-0.4, -0.2) is 52.5 Å². The maximum Gasteiger partial charge on any atom is 0.351 e.